The summed E-state index contributed by atoms with van der Waals surface area (Å²) in [6, 6.07) is 6.77. The van der Waals surface area contributed by atoms with Crippen molar-refractivity contribution in [1.29, 1.82) is 0 Å². The van der Waals surface area contributed by atoms with Gasteiger partial charge in [0.05, 0.1) is 0 Å². The normalized spacial score (nSPS) is 12.7. The highest BCUT2D eigenvalue weighted by atomic mass is 35.5. The first-order chi connectivity index (χ1) is 8.61. The number of rotatable bonds is 4. The Bertz CT molecular complexity index is 538. The second-order valence-corrected chi connectivity index (χ2v) is 5.60. The molecule has 0 radical (unpaired) electrons. The number of benzene rings is 1. The molecule has 0 bridgehead atoms. The van der Waals surface area contributed by atoms with Gasteiger partial charge in [0, 0.05) is 15.9 Å². The van der Waals surface area contributed by atoms with Gasteiger partial charge in [-0.05, 0) is 61.2 Å². The molecule has 0 saturated carbocycles. The molecule has 0 aliphatic heterocycles. The van der Waals surface area contributed by atoms with Crippen LogP contribution in [0.1, 0.15) is 22.0 Å². The smallest absolute Gasteiger partial charge is 0.123 e. The van der Waals surface area contributed by atoms with Crippen LogP contribution < -0.4 is 5.32 Å². The van der Waals surface area contributed by atoms with E-state index in [0.717, 1.165) is 5.56 Å². The number of halogens is 2. The van der Waals surface area contributed by atoms with Crippen LogP contribution in [0.5, 0.6) is 0 Å². The fraction of sp³-hybridized carbons (Fsp3) is 0.286. The van der Waals surface area contributed by atoms with Crippen molar-refractivity contribution in [2.24, 2.45) is 0 Å². The number of likely N-dealkylation sites (N-methyl/N-ethyl adjacent to an activating group) is 1. The first-order valence-corrected chi connectivity index (χ1v) is 7.02. The van der Waals surface area contributed by atoms with E-state index >= 15 is 0 Å². The first-order valence-electron chi connectivity index (χ1n) is 5.77. The van der Waals surface area contributed by atoms with Crippen LogP contribution in [0.2, 0.25) is 5.02 Å². The Morgan fingerprint density at radius 1 is 1.39 bits per heavy atom. The minimum Gasteiger partial charge on any atom is -0.312 e. The topological polar surface area (TPSA) is 12.0 Å². The highest BCUT2D eigenvalue weighted by molar-refractivity contribution is 7.10. The lowest BCUT2D eigenvalue weighted by Crippen LogP contribution is -2.18. The summed E-state index contributed by atoms with van der Waals surface area (Å²) in [5, 5.41) is 5.96. The molecule has 1 nitrogen and oxygen atoms in total. The molecule has 0 spiro atoms. The molecule has 0 saturated heterocycles. The molecule has 1 unspecified atom stereocenters. The third-order valence-corrected chi connectivity index (χ3v) is 4.50. The number of thiophene rings is 1. The summed E-state index contributed by atoms with van der Waals surface area (Å²) in [4.78, 5) is 1.28. The molecular weight excluding hydrogens is 269 g/mol. The van der Waals surface area contributed by atoms with E-state index in [1.165, 1.54) is 22.6 Å². The lowest BCUT2D eigenvalue weighted by molar-refractivity contribution is 0.590. The summed E-state index contributed by atoms with van der Waals surface area (Å²) in [6.07, 6.45) is 0.689. The van der Waals surface area contributed by atoms with Crippen LogP contribution in [-0.4, -0.2) is 7.05 Å². The molecule has 1 aromatic heterocycles. The Balaban J connectivity index is 2.26. The molecule has 4 heteroatoms. The van der Waals surface area contributed by atoms with E-state index in [9.17, 15) is 4.39 Å². The summed E-state index contributed by atoms with van der Waals surface area (Å²) in [6.45, 7) is 2.09. The van der Waals surface area contributed by atoms with Gasteiger partial charge < -0.3 is 5.32 Å². The second kappa shape index (κ2) is 5.83. The molecule has 0 fully saturated rings. The van der Waals surface area contributed by atoms with Gasteiger partial charge in [-0.15, -0.1) is 11.3 Å². The van der Waals surface area contributed by atoms with Crippen LogP contribution in [0.4, 0.5) is 4.39 Å². The Labute approximate surface area is 116 Å². The van der Waals surface area contributed by atoms with Crippen molar-refractivity contribution >= 4 is 22.9 Å². The largest absolute Gasteiger partial charge is 0.312 e. The lowest BCUT2D eigenvalue weighted by Gasteiger charge is -2.17. The molecule has 18 heavy (non-hydrogen) atoms. The zero-order chi connectivity index (χ0) is 13.1. The maximum Gasteiger partial charge on any atom is 0.123 e. The van der Waals surface area contributed by atoms with Gasteiger partial charge in [0.25, 0.3) is 0 Å². The Hall–Kier alpha value is -0.900. The molecule has 2 rings (SSSR count). The first kappa shape index (κ1) is 13.5. The van der Waals surface area contributed by atoms with Gasteiger partial charge in [0.2, 0.25) is 0 Å². The van der Waals surface area contributed by atoms with Crippen LogP contribution in [0, 0.1) is 12.7 Å². The minimum absolute atomic E-state index is 0.171. The fourth-order valence-corrected chi connectivity index (χ4v) is 3.22. The van der Waals surface area contributed by atoms with E-state index < -0.39 is 0 Å². The zero-order valence-electron chi connectivity index (χ0n) is 10.3. The number of nitrogens with one attached hydrogen (secondary N) is 1. The third-order valence-electron chi connectivity index (χ3n) is 3.00. The maximum absolute atomic E-state index is 13.2. The van der Waals surface area contributed by atoms with Crippen molar-refractivity contribution in [2.75, 3.05) is 7.05 Å². The molecule has 0 aliphatic rings. The van der Waals surface area contributed by atoms with E-state index in [2.05, 4.69) is 23.7 Å². The summed E-state index contributed by atoms with van der Waals surface area (Å²) >= 11 is 7.82. The van der Waals surface area contributed by atoms with E-state index in [1.54, 1.807) is 17.4 Å². The van der Waals surface area contributed by atoms with Gasteiger partial charge in [0.15, 0.2) is 0 Å². The van der Waals surface area contributed by atoms with Crippen molar-refractivity contribution in [3.05, 3.63) is 56.5 Å². The Kier molecular flexibility index (Phi) is 4.38. The van der Waals surface area contributed by atoms with Gasteiger partial charge in [-0.2, -0.15) is 0 Å². The van der Waals surface area contributed by atoms with Crippen molar-refractivity contribution in [2.45, 2.75) is 19.4 Å². The van der Waals surface area contributed by atoms with Gasteiger partial charge in [0.1, 0.15) is 5.82 Å². The zero-order valence-corrected chi connectivity index (χ0v) is 11.9. The quantitative estimate of drug-likeness (QED) is 0.879. The molecule has 1 heterocycles. The van der Waals surface area contributed by atoms with Gasteiger partial charge in [-0.1, -0.05) is 11.6 Å². The Morgan fingerprint density at radius 3 is 2.78 bits per heavy atom. The number of aryl methyl sites for hydroxylation is 1. The number of hydrogen-bond acceptors (Lipinski definition) is 2. The highest BCUT2D eigenvalue weighted by Crippen LogP contribution is 2.29. The molecule has 1 N–H and O–H groups in total. The van der Waals surface area contributed by atoms with Crippen molar-refractivity contribution < 1.29 is 4.39 Å². The van der Waals surface area contributed by atoms with E-state index in [-0.39, 0.29) is 11.9 Å². The number of hydrogen-bond donors (Lipinski definition) is 1. The molecule has 0 amide bonds. The predicted molar refractivity (Wildman–Crippen MR) is 76.0 cm³/mol. The summed E-state index contributed by atoms with van der Waals surface area (Å²) in [5.41, 5.74) is 2.09. The molecule has 96 valence electrons. The van der Waals surface area contributed by atoms with Crippen LogP contribution in [0.3, 0.4) is 0 Å². The molecule has 0 aliphatic carbocycles. The molecule has 1 aromatic carbocycles. The van der Waals surface area contributed by atoms with Crippen molar-refractivity contribution in [3.8, 4) is 0 Å². The predicted octanol–water partition coefficient (Wildman–Crippen LogP) is 4.35. The van der Waals surface area contributed by atoms with E-state index in [1.807, 2.05) is 7.05 Å². The average molecular weight is 284 g/mol. The van der Waals surface area contributed by atoms with Crippen molar-refractivity contribution in [3.63, 3.8) is 0 Å². The maximum atomic E-state index is 13.2. The van der Waals surface area contributed by atoms with Gasteiger partial charge >= 0.3 is 0 Å². The molecular formula is C14H15ClFNS. The van der Waals surface area contributed by atoms with E-state index in [0.29, 0.717) is 11.4 Å². The molecule has 2 aromatic rings. The minimum atomic E-state index is -0.243. The van der Waals surface area contributed by atoms with Crippen LogP contribution >= 0.6 is 22.9 Å². The SMILES string of the molecule is CNC(Cc1cc(F)ccc1Cl)c1sccc1C. The summed E-state index contributed by atoms with van der Waals surface area (Å²) < 4.78 is 13.2. The highest BCUT2D eigenvalue weighted by Gasteiger charge is 2.15. The van der Waals surface area contributed by atoms with Crippen LogP contribution in [0.25, 0.3) is 0 Å². The summed E-state index contributed by atoms with van der Waals surface area (Å²) in [5.74, 6) is -0.243. The fourth-order valence-electron chi connectivity index (χ4n) is 1.99. The summed E-state index contributed by atoms with van der Waals surface area (Å²) in [7, 11) is 1.91. The molecule has 1 atom stereocenters. The third kappa shape index (κ3) is 2.91. The van der Waals surface area contributed by atoms with Crippen LogP contribution in [-0.2, 0) is 6.42 Å². The van der Waals surface area contributed by atoms with E-state index in [4.69, 9.17) is 11.6 Å². The van der Waals surface area contributed by atoms with Crippen LogP contribution in [0.15, 0.2) is 29.6 Å². The Morgan fingerprint density at radius 2 is 2.17 bits per heavy atom. The average Bonchev–Trinajstić information content (AvgIpc) is 2.77. The standard InChI is InChI=1S/C14H15ClFNS/c1-9-5-6-18-14(9)13(17-2)8-10-7-11(16)3-4-12(10)15/h3-7,13,17H,8H2,1-2H3. The lowest BCUT2D eigenvalue weighted by atomic mass is 10.0. The van der Waals surface area contributed by atoms with Gasteiger partial charge in [-0.25, -0.2) is 4.39 Å². The monoisotopic (exact) mass is 283 g/mol. The second-order valence-electron chi connectivity index (χ2n) is 4.25. The van der Waals surface area contributed by atoms with Gasteiger partial charge in [-0.3, -0.25) is 0 Å². The van der Waals surface area contributed by atoms with Crippen molar-refractivity contribution in [1.82, 2.24) is 5.32 Å².